The molecule has 1 atom stereocenters. The molecule has 1 aliphatic carbocycles. The van der Waals surface area contributed by atoms with Crippen molar-refractivity contribution in [2.75, 3.05) is 0 Å². The summed E-state index contributed by atoms with van der Waals surface area (Å²) in [5.74, 6) is -0.0122. The summed E-state index contributed by atoms with van der Waals surface area (Å²) in [7, 11) is 1.80. The van der Waals surface area contributed by atoms with Crippen LogP contribution in [-0.4, -0.2) is 25.8 Å². The van der Waals surface area contributed by atoms with Crippen LogP contribution in [0, 0.1) is 5.41 Å². The summed E-state index contributed by atoms with van der Waals surface area (Å²) >= 11 is 0. The van der Waals surface area contributed by atoms with E-state index in [0.29, 0.717) is 19.3 Å². The number of hydrogen-bond acceptors (Lipinski definition) is 3. The first-order chi connectivity index (χ1) is 9.61. The van der Waals surface area contributed by atoms with Crippen LogP contribution in [0.15, 0.2) is 30.6 Å². The van der Waals surface area contributed by atoms with Crippen LogP contribution in [0.4, 0.5) is 0 Å². The minimum absolute atomic E-state index is 0.424. The van der Waals surface area contributed by atoms with Gasteiger partial charge in [0.15, 0.2) is 0 Å². The molecule has 104 valence electrons. The molecule has 1 unspecified atom stereocenters. The van der Waals surface area contributed by atoms with E-state index in [1.807, 2.05) is 18.2 Å². The molecule has 0 amide bonds. The lowest BCUT2D eigenvalue weighted by molar-refractivity contribution is -0.149. The maximum absolute atomic E-state index is 11.9. The van der Waals surface area contributed by atoms with E-state index < -0.39 is 11.4 Å². The Morgan fingerprint density at radius 1 is 1.40 bits per heavy atom. The monoisotopic (exact) mass is 271 g/mol. The van der Waals surface area contributed by atoms with Crippen LogP contribution in [0.5, 0.6) is 0 Å². The molecule has 1 heterocycles. The van der Waals surface area contributed by atoms with E-state index in [9.17, 15) is 9.90 Å². The fraction of sp³-hybridized carbons (Fsp3) is 0.400. The van der Waals surface area contributed by atoms with Gasteiger partial charge < -0.3 is 5.11 Å². The van der Waals surface area contributed by atoms with Gasteiger partial charge in [-0.25, -0.2) is 4.98 Å². The smallest absolute Gasteiger partial charge is 0.310 e. The van der Waals surface area contributed by atoms with Crippen LogP contribution in [-0.2, 0) is 31.1 Å². The van der Waals surface area contributed by atoms with Gasteiger partial charge in [-0.2, -0.15) is 5.10 Å². The fourth-order valence-corrected chi connectivity index (χ4v) is 2.99. The van der Waals surface area contributed by atoms with Gasteiger partial charge in [-0.1, -0.05) is 24.3 Å². The Kier molecular flexibility index (Phi) is 3.04. The van der Waals surface area contributed by atoms with Gasteiger partial charge >= 0.3 is 5.97 Å². The lowest BCUT2D eigenvalue weighted by Crippen LogP contribution is -2.39. The number of hydrogen-bond donors (Lipinski definition) is 1. The number of carboxylic acid groups (broad SMARTS) is 1. The van der Waals surface area contributed by atoms with Crippen LogP contribution in [0.1, 0.15) is 23.4 Å². The van der Waals surface area contributed by atoms with Crippen LogP contribution in [0.3, 0.4) is 0 Å². The van der Waals surface area contributed by atoms with Crippen molar-refractivity contribution in [3.63, 3.8) is 0 Å². The third kappa shape index (κ3) is 2.09. The second-order valence-electron chi connectivity index (χ2n) is 5.51. The first kappa shape index (κ1) is 12.8. The summed E-state index contributed by atoms with van der Waals surface area (Å²) in [5.41, 5.74) is 1.64. The standard InChI is InChI=1S/C15H17N3O2/c1-18-13(16-10-17-18)9-15(14(19)20)7-6-11-4-2-3-5-12(11)8-15/h2-5,10H,6-9H2,1H3,(H,19,20). The van der Waals surface area contributed by atoms with Crippen molar-refractivity contribution in [3.05, 3.63) is 47.5 Å². The molecule has 0 saturated heterocycles. The topological polar surface area (TPSA) is 68.0 Å². The molecule has 0 saturated carbocycles. The molecule has 1 N–H and O–H groups in total. The molecule has 0 spiro atoms. The summed E-state index contributed by atoms with van der Waals surface area (Å²) in [4.78, 5) is 16.0. The Bertz CT molecular complexity index is 650. The summed E-state index contributed by atoms with van der Waals surface area (Å²) in [6.07, 6.45) is 3.91. The zero-order chi connectivity index (χ0) is 14.2. The lowest BCUT2D eigenvalue weighted by atomic mass is 9.69. The number of carboxylic acids is 1. The third-order valence-electron chi connectivity index (χ3n) is 4.28. The van der Waals surface area contributed by atoms with E-state index in [1.54, 1.807) is 11.7 Å². The van der Waals surface area contributed by atoms with Crippen molar-refractivity contribution in [1.82, 2.24) is 14.8 Å². The Hall–Kier alpha value is -2.17. The van der Waals surface area contributed by atoms with Crippen LogP contribution in [0.25, 0.3) is 0 Å². The zero-order valence-electron chi connectivity index (χ0n) is 11.4. The number of carbonyl (C=O) groups is 1. The highest BCUT2D eigenvalue weighted by molar-refractivity contribution is 5.76. The lowest BCUT2D eigenvalue weighted by Gasteiger charge is -2.34. The van der Waals surface area contributed by atoms with Crippen molar-refractivity contribution in [3.8, 4) is 0 Å². The van der Waals surface area contributed by atoms with Gasteiger partial charge in [-0.15, -0.1) is 0 Å². The van der Waals surface area contributed by atoms with E-state index in [0.717, 1.165) is 17.8 Å². The summed E-state index contributed by atoms with van der Waals surface area (Å²) in [5, 5.41) is 13.8. The minimum atomic E-state index is -0.769. The average molecular weight is 271 g/mol. The molecule has 3 rings (SSSR count). The van der Waals surface area contributed by atoms with Gasteiger partial charge in [-0.05, 0) is 30.4 Å². The Balaban J connectivity index is 1.95. The van der Waals surface area contributed by atoms with Crippen molar-refractivity contribution >= 4 is 5.97 Å². The van der Waals surface area contributed by atoms with E-state index in [4.69, 9.17) is 0 Å². The number of nitrogens with zero attached hydrogens (tertiary/aromatic N) is 3. The summed E-state index contributed by atoms with van der Waals surface area (Å²) in [6.45, 7) is 0. The van der Waals surface area contributed by atoms with Crippen LogP contribution >= 0.6 is 0 Å². The number of fused-ring (bicyclic) bond motifs is 1. The predicted molar refractivity (Wildman–Crippen MR) is 73.2 cm³/mol. The second-order valence-corrected chi connectivity index (χ2v) is 5.51. The molecular weight excluding hydrogens is 254 g/mol. The molecule has 2 aromatic rings. The Labute approximate surface area is 117 Å². The largest absolute Gasteiger partial charge is 0.481 e. The van der Waals surface area contributed by atoms with Gasteiger partial charge in [-0.3, -0.25) is 9.48 Å². The normalized spacial score (nSPS) is 21.4. The average Bonchev–Trinajstić information content (AvgIpc) is 2.84. The third-order valence-corrected chi connectivity index (χ3v) is 4.28. The molecule has 20 heavy (non-hydrogen) atoms. The SMILES string of the molecule is Cn1ncnc1CC1(C(=O)O)CCc2ccccc2C1. The van der Waals surface area contributed by atoms with Crippen molar-refractivity contribution in [1.29, 1.82) is 0 Å². The molecule has 0 radical (unpaired) electrons. The molecule has 1 aliphatic rings. The second kappa shape index (κ2) is 4.74. The van der Waals surface area contributed by atoms with Gasteiger partial charge in [0, 0.05) is 13.5 Å². The fourth-order valence-electron chi connectivity index (χ4n) is 2.99. The molecule has 5 nitrogen and oxygen atoms in total. The molecule has 5 heteroatoms. The Morgan fingerprint density at radius 2 is 2.15 bits per heavy atom. The van der Waals surface area contributed by atoms with Gasteiger partial charge in [0.2, 0.25) is 0 Å². The van der Waals surface area contributed by atoms with Gasteiger partial charge in [0.1, 0.15) is 12.2 Å². The van der Waals surface area contributed by atoms with Gasteiger partial charge in [0.25, 0.3) is 0 Å². The number of aliphatic carboxylic acids is 1. The van der Waals surface area contributed by atoms with Crippen molar-refractivity contribution in [2.45, 2.75) is 25.7 Å². The highest BCUT2D eigenvalue weighted by Crippen LogP contribution is 2.38. The number of benzene rings is 1. The highest BCUT2D eigenvalue weighted by Gasteiger charge is 2.42. The molecular formula is C15H17N3O2. The zero-order valence-corrected chi connectivity index (χ0v) is 11.4. The maximum atomic E-state index is 11.9. The summed E-state index contributed by atoms with van der Waals surface area (Å²) < 4.78 is 1.66. The molecule has 0 fully saturated rings. The molecule has 0 bridgehead atoms. The number of aryl methyl sites for hydroxylation is 2. The van der Waals surface area contributed by atoms with Crippen molar-refractivity contribution < 1.29 is 9.90 Å². The van der Waals surface area contributed by atoms with E-state index >= 15 is 0 Å². The molecule has 1 aromatic heterocycles. The first-order valence-electron chi connectivity index (χ1n) is 6.74. The molecule has 0 aliphatic heterocycles. The highest BCUT2D eigenvalue weighted by atomic mass is 16.4. The quantitative estimate of drug-likeness (QED) is 0.921. The number of rotatable bonds is 3. The minimum Gasteiger partial charge on any atom is -0.481 e. The molecule has 1 aromatic carbocycles. The van der Waals surface area contributed by atoms with E-state index in [-0.39, 0.29) is 0 Å². The van der Waals surface area contributed by atoms with Crippen LogP contribution in [0.2, 0.25) is 0 Å². The Morgan fingerprint density at radius 3 is 2.80 bits per heavy atom. The van der Waals surface area contributed by atoms with Crippen molar-refractivity contribution in [2.24, 2.45) is 12.5 Å². The van der Waals surface area contributed by atoms with E-state index in [1.165, 1.54) is 11.9 Å². The predicted octanol–water partition coefficient (Wildman–Crippen LogP) is 1.62. The summed E-state index contributed by atoms with van der Waals surface area (Å²) in [6, 6.07) is 8.10. The van der Waals surface area contributed by atoms with Gasteiger partial charge in [0.05, 0.1) is 5.41 Å². The first-order valence-corrected chi connectivity index (χ1v) is 6.74. The maximum Gasteiger partial charge on any atom is 0.310 e. The van der Waals surface area contributed by atoms with Crippen LogP contribution < -0.4 is 0 Å². The van der Waals surface area contributed by atoms with E-state index in [2.05, 4.69) is 16.1 Å². The number of aromatic nitrogens is 3.